The summed E-state index contributed by atoms with van der Waals surface area (Å²) < 4.78 is 0. The van der Waals surface area contributed by atoms with Crippen LogP contribution in [0.5, 0.6) is 0 Å². The molecule has 0 aliphatic carbocycles. The van der Waals surface area contributed by atoms with Gasteiger partial charge in [0.15, 0.2) is 0 Å². The lowest BCUT2D eigenvalue weighted by atomic mass is 10.2. The van der Waals surface area contributed by atoms with E-state index >= 15 is 0 Å². The second kappa shape index (κ2) is 4.36. The molecule has 3 nitrogen and oxygen atoms in total. The van der Waals surface area contributed by atoms with Gasteiger partial charge in [-0.3, -0.25) is 5.10 Å². The highest BCUT2D eigenvalue weighted by atomic mass is 35.5. The second-order valence-electron chi connectivity index (χ2n) is 3.39. The lowest BCUT2D eigenvalue weighted by Crippen LogP contribution is -2.01. The first kappa shape index (κ1) is 10.1. The standard InChI is InChI=1S/C11H12ClN3/c1-8-6-9(12)2-3-11(8)13-7-10-4-5-14-15-10/h2-6,13H,7H2,1H3,(H,14,15). The fourth-order valence-electron chi connectivity index (χ4n) is 1.40. The van der Waals surface area contributed by atoms with E-state index in [2.05, 4.69) is 15.5 Å². The molecule has 15 heavy (non-hydrogen) atoms. The molecular weight excluding hydrogens is 210 g/mol. The van der Waals surface area contributed by atoms with E-state index < -0.39 is 0 Å². The molecule has 1 heterocycles. The average Bonchev–Trinajstić information content (AvgIpc) is 2.69. The van der Waals surface area contributed by atoms with Crippen LogP contribution in [0.3, 0.4) is 0 Å². The zero-order valence-corrected chi connectivity index (χ0v) is 9.17. The number of aromatic amines is 1. The molecular formula is C11H12ClN3. The summed E-state index contributed by atoms with van der Waals surface area (Å²) in [5.74, 6) is 0. The Hall–Kier alpha value is -1.48. The maximum Gasteiger partial charge on any atom is 0.0567 e. The van der Waals surface area contributed by atoms with Crippen LogP contribution in [0.2, 0.25) is 5.02 Å². The Kier molecular flexibility index (Phi) is 2.92. The van der Waals surface area contributed by atoms with Gasteiger partial charge >= 0.3 is 0 Å². The fourth-order valence-corrected chi connectivity index (χ4v) is 1.63. The highest BCUT2D eigenvalue weighted by molar-refractivity contribution is 6.30. The van der Waals surface area contributed by atoms with Gasteiger partial charge in [0, 0.05) is 16.9 Å². The zero-order valence-electron chi connectivity index (χ0n) is 8.42. The number of nitrogens with one attached hydrogen (secondary N) is 2. The number of H-pyrrole nitrogens is 1. The average molecular weight is 222 g/mol. The van der Waals surface area contributed by atoms with Crippen molar-refractivity contribution in [3.8, 4) is 0 Å². The first-order valence-corrected chi connectivity index (χ1v) is 5.12. The van der Waals surface area contributed by atoms with Crippen LogP contribution in [0.1, 0.15) is 11.3 Å². The molecule has 0 saturated heterocycles. The van der Waals surface area contributed by atoms with Gasteiger partial charge in [0.25, 0.3) is 0 Å². The number of aryl methyl sites for hydroxylation is 1. The number of anilines is 1. The number of rotatable bonds is 3. The molecule has 0 radical (unpaired) electrons. The summed E-state index contributed by atoms with van der Waals surface area (Å²) in [5, 5.41) is 10.9. The molecule has 78 valence electrons. The number of nitrogens with zero attached hydrogens (tertiary/aromatic N) is 1. The van der Waals surface area contributed by atoms with E-state index in [9.17, 15) is 0 Å². The highest BCUT2D eigenvalue weighted by Crippen LogP contribution is 2.19. The van der Waals surface area contributed by atoms with Crippen LogP contribution in [0.4, 0.5) is 5.69 Å². The minimum atomic E-state index is 0.739. The molecule has 4 heteroatoms. The minimum absolute atomic E-state index is 0.739. The SMILES string of the molecule is Cc1cc(Cl)ccc1NCc1ccn[nH]1. The normalized spacial score (nSPS) is 10.3. The topological polar surface area (TPSA) is 40.7 Å². The van der Waals surface area contributed by atoms with Gasteiger partial charge in [-0.15, -0.1) is 0 Å². The van der Waals surface area contributed by atoms with Crippen molar-refractivity contribution in [1.82, 2.24) is 10.2 Å². The third-order valence-electron chi connectivity index (χ3n) is 2.22. The Balaban J connectivity index is 2.05. The van der Waals surface area contributed by atoms with E-state index in [0.717, 1.165) is 28.5 Å². The van der Waals surface area contributed by atoms with E-state index in [1.807, 2.05) is 31.2 Å². The van der Waals surface area contributed by atoms with Crippen molar-refractivity contribution in [2.75, 3.05) is 5.32 Å². The summed E-state index contributed by atoms with van der Waals surface area (Å²) in [7, 11) is 0. The summed E-state index contributed by atoms with van der Waals surface area (Å²) in [5.41, 5.74) is 3.29. The Morgan fingerprint density at radius 1 is 1.40 bits per heavy atom. The molecule has 0 bridgehead atoms. The second-order valence-corrected chi connectivity index (χ2v) is 3.83. The van der Waals surface area contributed by atoms with Crippen LogP contribution in [0.15, 0.2) is 30.5 Å². The van der Waals surface area contributed by atoms with Crippen molar-refractivity contribution in [1.29, 1.82) is 0 Å². The van der Waals surface area contributed by atoms with Gasteiger partial charge in [-0.05, 0) is 36.8 Å². The van der Waals surface area contributed by atoms with Gasteiger partial charge < -0.3 is 5.32 Å². The molecule has 0 unspecified atom stereocenters. The third kappa shape index (κ3) is 2.50. The van der Waals surface area contributed by atoms with Crippen LogP contribution in [-0.2, 0) is 6.54 Å². The van der Waals surface area contributed by atoms with Gasteiger partial charge in [0.2, 0.25) is 0 Å². The first-order chi connectivity index (χ1) is 7.25. The summed E-state index contributed by atoms with van der Waals surface area (Å²) >= 11 is 5.87. The van der Waals surface area contributed by atoms with Gasteiger partial charge in [-0.1, -0.05) is 11.6 Å². The highest BCUT2D eigenvalue weighted by Gasteiger charge is 1.99. The predicted octanol–water partition coefficient (Wildman–Crippen LogP) is 2.98. The molecule has 1 aromatic heterocycles. The van der Waals surface area contributed by atoms with Crippen molar-refractivity contribution in [3.05, 3.63) is 46.7 Å². The maximum absolute atomic E-state index is 5.87. The van der Waals surface area contributed by atoms with E-state index in [1.54, 1.807) is 6.20 Å². The number of halogens is 1. The van der Waals surface area contributed by atoms with E-state index in [-0.39, 0.29) is 0 Å². The number of hydrogen-bond donors (Lipinski definition) is 2. The largest absolute Gasteiger partial charge is 0.379 e. The van der Waals surface area contributed by atoms with Crippen molar-refractivity contribution < 1.29 is 0 Å². The number of hydrogen-bond acceptors (Lipinski definition) is 2. The fraction of sp³-hybridized carbons (Fsp3) is 0.182. The molecule has 0 amide bonds. The summed E-state index contributed by atoms with van der Waals surface area (Å²) in [6.07, 6.45) is 1.74. The van der Waals surface area contributed by atoms with Crippen LogP contribution in [-0.4, -0.2) is 10.2 Å². The number of aromatic nitrogens is 2. The molecule has 1 aromatic carbocycles. The van der Waals surface area contributed by atoms with Crippen molar-refractivity contribution in [2.24, 2.45) is 0 Å². The third-order valence-corrected chi connectivity index (χ3v) is 2.45. The Morgan fingerprint density at radius 2 is 2.27 bits per heavy atom. The monoisotopic (exact) mass is 221 g/mol. The van der Waals surface area contributed by atoms with Gasteiger partial charge in [0.1, 0.15) is 0 Å². The van der Waals surface area contributed by atoms with Crippen molar-refractivity contribution in [3.63, 3.8) is 0 Å². The maximum atomic E-state index is 5.87. The van der Waals surface area contributed by atoms with Crippen LogP contribution in [0, 0.1) is 6.92 Å². The molecule has 0 atom stereocenters. The molecule has 2 rings (SSSR count). The smallest absolute Gasteiger partial charge is 0.0567 e. The van der Waals surface area contributed by atoms with E-state index in [4.69, 9.17) is 11.6 Å². The summed E-state index contributed by atoms with van der Waals surface area (Å²) in [4.78, 5) is 0. The van der Waals surface area contributed by atoms with Crippen LogP contribution in [0.25, 0.3) is 0 Å². The van der Waals surface area contributed by atoms with Gasteiger partial charge in [-0.25, -0.2) is 0 Å². The minimum Gasteiger partial charge on any atom is -0.379 e. The molecule has 0 saturated carbocycles. The van der Waals surface area contributed by atoms with Crippen molar-refractivity contribution >= 4 is 17.3 Å². The van der Waals surface area contributed by atoms with Crippen LogP contribution >= 0.6 is 11.6 Å². The molecule has 2 aromatic rings. The lowest BCUT2D eigenvalue weighted by molar-refractivity contribution is 0.980. The molecule has 2 N–H and O–H groups in total. The summed E-state index contributed by atoms with van der Waals surface area (Å²) in [6.45, 7) is 2.77. The Morgan fingerprint density at radius 3 is 2.93 bits per heavy atom. The van der Waals surface area contributed by atoms with E-state index in [0.29, 0.717) is 0 Å². The molecule has 0 aliphatic rings. The lowest BCUT2D eigenvalue weighted by Gasteiger charge is -2.08. The predicted molar refractivity (Wildman–Crippen MR) is 62.1 cm³/mol. The Labute approximate surface area is 93.5 Å². The van der Waals surface area contributed by atoms with Crippen LogP contribution < -0.4 is 5.32 Å². The zero-order chi connectivity index (χ0) is 10.7. The van der Waals surface area contributed by atoms with E-state index in [1.165, 1.54) is 0 Å². The first-order valence-electron chi connectivity index (χ1n) is 4.74. The van der Waals surface area contributed by atoms with Gasteiger partial charge in [0.05, 0.1) is 12.2 Å². The van der Waals surface area contributed by atoms with Crippen molar-refractivity contribution in [2.45, 2.75) is 13.5 Å². The number of benzene rings is 1. The molecule has 0 fully saturated rings. The quantitative estimate of drug-likeness (QED) is 0.837. The van der Waals surface area contributed by atoms with Gasteiger partial charge in [-0.2, -0.15) is 5.10 Å². The molecule has 0 spiro atoms. The Bertz CT molecular complexity index is 437. The summed E-state index contributed by atoms with van der Waals surface area (Å²) in [6, 6.07) is 7.74. The molecule has 0 aliphatic heterocycles.